The molecule has 5 rings (SSSR count). The Balaban J connectivity index is 1.28. The minimum Gasteiger partial charge on any atom is -0.337 e. The predicted molar refractivity (Wildman–Crippen MR) is 128 cm³/mol. The first kappa shape index (κ1) is 26.3. The monoisotopic (exact) mass is 547 g/mol. The standard InChI is InChI=1S/C24H22F5N9O/c1-14-15(12-30)10-16(25)11-17(14)19-2-4-32-37(19)23(39)36-8-6-35(7-9-36)22-31-13-18(26)21(34-22)38-20(3-5-33-38)24(27,28)29/h3-5,10-11,13-14,17,19H,2,6-9H2,1H3/t14?,17?,19-/m0/s1. The summed E-state index contributed by atoms with van der Waals surface area (Å²) in [6.45, 7) is 2.66. The van der Waals surface area contributed by atoms with E-state index in [9.17, 15) is 32.0 Å². The molecule has 4 heterocycles. The number of piperazine rings is 1. The topological polar surface area (TPSA) is 107 Å². The van der Waals surface area contributed by atoms with Crippen LogP contribution in [0.3, 0.4) is 0 Å². The van der Waals surface area contributed by atoms with Crippen LogP contribution in [0.2, 0.25) is 0 Å². The van der Waals surface area contributed by atoms with Gasteiger partial charge >= 0.3 is 12.2 Å². The number of alkyl halides is 3. The summed E-state index contributed by atoms with van der Waals surface area (Å²) in [4.78, 5) is 24.4. The summed E-state index contributed by atoms with van der Waals surface area (Å²) in [5, 5.41) is 18.4. The number of allylic oxidation sites excluding steroid dienone is 3. The molecular formula is C24H22F5N9O. The largest absolute Gasteiger partial charge is 0.433 e. The Hall–Kier alpha value is -4.35. The minimum atomic E-state index is -4.76. The lowest BCUT2D eigenvalue weighted by molar-refractivity contribution is -0.142. The van der Waals surface area contributed by atoms with Crippen molar-refractivity contribution in [3.05, 3.63) is 53.5 Å². The van der Waals surface area contributed by atoms with Gasteiger partial charge in [0.05, 0.1) is 24.5 Å². The summed E-state index contributed by atoms with van der Waals surface area (Å²) in [6, 6.07) is 1.87. The van der Waals surface area contributed by atoms with Gasteiger partial charge in [0.25, 0.3) is 0 Å². The number of aromatic nitrogens is 4. The summed E-state index contributed by atoms with van der Waals surface area (Å²) < 4.78 is 68.9. The molecule has 0 saturated carbocycles. The summed E-state index contributed by atoms with van der Waals surface area (Å²) in [5.41, 5.74) is -0.884. The normalized spacial score (nSPS) is 23.5. The summed E-state index contributed by atoms with van der Waals surface area (Å²) in [5.74, 6) is -2.99. The quantitative estimate of drug-likeness (QED) is 0.543. The van der Waals surface area contributed by atoms with Crippen molar-refractivity contribution < 1.29 is 26.7 Å². The van der Waals surface area contributed by atoms with Gasteiger partial charge < -0.3 is 9.80 Å². The Kier molecular flexibility index (Phi) is 6.79. The van der Waals surface area contributed by atoms with Crippen LogP contribution in [0.15, 0.2) is 47.1 Å². The molecule has 15 heteroatoms. The molecule has 0 aromatic carbocycles. The number of carbonyl (C=O) groups excluding carboxylic acids is 1. The van der Waals surface area contributed by atoms with Crippen molar-refractivity contribution in [3.63, 3.8) is 0 Å². The minimum absolute atomic E-state index is 0.00773. The van der Waals surface area contributed by atoms with Crippen molar-refractivity contribution in [2.75, 3.05) is 31.1 Å². The summed E-state index contributed by atoms with van der Waals surface area (Å²) in [6.07, 6.45) is 1.51. The second kappa shape index (κ2) is 10.1. The molecule has 0 radical (unpaired) electrons. The number of rotatable bonds is 3. The van der Waals surface area contributed by atoms with Gasteiger partial charge in [-0.1, -0.05) is 6.92 Å². The molecule has 10 nitrogen and oxygen atoms in total. The van der Waals surface area contributed by atoms with Crippen LogP contribution in [-0.2, 0) is 6.18 Å². The molecule has 1 fully saturated rings. The molecule has 39 heavy (non-hydrogen) atoms. The fourth-order valence-electron chi connectivity index (χ4n) is 4.96. The molecular weight excluding hydrogens is 525 g/mol. The van der Waals surface area contributed by atoms with E-state index in [1.807, 2.05) is 6.07 Å². The first-order chi connectivity index (χ1) is 18.6. The number of nitrogens with zero attached hydrogens (tertiary/aromatic N) is 9. The van der Waals surface area contributed by atoms with E-state index < -0.39 is 47.3 Å². The zero-order chi connectivity index (χ0) is 27.9. The number of urea groups is 1. The third-order valence-electron chi connectivity index (χ3n) is 7.03. The molecule has 2 unspecified atom stereocenters. The Labute approximate surface area is 219 Å². The van der Waals surface area contributed by atoms with Crippen LogP contribution in [0.25, 0.3) is 5.82 Å². The van der Waals surface area contributed by atoms with Gasteiger partial charge in [0.1, 0.15) is 11.5 Å². The van der Waals surface area contributed by atoms with E-state index in [0.717, 1.165) is 18.5 Å². The second-order valence-electron chi connectivity index (χ2n) is 9.30. The highest BCUT2D eigenvalue weighted by Gasteiger charge is 2.40. The molecule has 3 aliphatic rings. The number of halogens is 5. The summed E-state index contributed by atoms with van der Waals surface area (Å²) in [7, 11) is 0. The van der Waals surface area contributed by atoms with Crippen molar-refractivity contribution in [3.8, 4) is 11.9 Å². The van der Waals surface area contributed by atoms with E-state index >= 15 is 0 Å². The van der Waals surface area contributed by atoms with Crippen molar-refractivity contribution in [2.24, 2.45) is 16.9 Å². The SMILES string of the molecule is CC1C(C#N)=CC(F)=CC1[C@@H]1CC=NN1C(=O)N1CCN(c2ncc(F)c(-n3nccc3C(F)(F)F)n2)CC1. The van der Waals surface area contributed by atoms with Gasteiger partial charge in [-0.3, -0.25) is 0 Å². The smallest absolute Gasteiger partial charge is 0.337 e. The number of hydrazone groups is 1. The Morgan fingerprint density at radius 1 is 1.18 bits per heavy atom. The lowest BCUT2D eigenvalue weighted by atomic mass is 9.78. The van der Waals surface area contributed by atoms with E-state index in [1.165, 1.54) is 17.2 Å². The lowest BCUT2D eigenvalue weighted by Crippen LogP contribution is -2.54. The number of hydrogen-bond acceptors (Lipinski definition) is 7. The third-order valence-corrected chi connectivity index (χ3v) is 7.03. The Morgan fingerprint density at radius 3 is 2.62 bits per heavy atom. The molecule has 2 amide bonds. The number of nitriles is 1. The number of anilines is 1. The first-order valence-corrected chi connectivity index (χ1v) is 12.1. The number of hydrogen-bond donors (Lipinski definition) is 0. The van der Waals surface area contributed by atoms with E-state index in [4.69, 9.17) is 0 Å². The van der Waals surface area contributed by atoms with Gasteiger partial charge in [0, 0.05) is 50.3 Å². The predicted octanol–water partition coefficient (Wildman–Crippen LogP) is 3.69. The molecule has 2 aromatic rings. The highest BCUT2D eigenvalue weighted by molar-refractivity contribution is 5.78. The van der Waals surface area contributed by atoms with Gasteiger partial charge in [-0.15, -0.1) is 0 Å². The van der Waals surface area contributed by atoms with Crippen molar-refractivity contribution in [1.82, 2.24) is 29.7 Å². The van der Waals surface area contributed by atoms with Crippen LogP contribution in [0.5, 0.6) is 0 Å². The molecule has 1 aliphatic carbocycles. The molecule has 0 bridgehead atoms. The maximum Gasteiger partial charge on any atom is 0.433 e. The molecule has 2 aromatic heterocycles. The fraction of sp³-hybridized carbons (Fsp3) is 0.417. The number of carbonyl (C=O) groups is 1. The molecule has 204 valence electrons. The molecule has 1 saturated heterocycles. The van der Waals surface area contributed by atoms with Crippen LogP contribution in [0.4, 0.5) is 32.7 Å². The van der Waals surface area contributed by atoms with Crippen LogP contribution in [0, 0.1) is 29.0 Å². The molecule has 0 N–H and O–H groups in total. The van der Waals surface area contributed by atoms with Gasteiger partial charge in [-0.05, 0) is 24.1 Å². The molecule has 3 atom stereocenters. The third kappa shape index (κ3) is 4.93. The average Bonchev–Trinajstić information content (AvgIpc) is 3.60. The highest BCUT2D eigenvalue weighted by Crippen LogP contribution is 2.36. The zero-order valence-electron chi connectivity index (χ0n) is 20.6. The van der Waals surface area contributed by atoms with Gasteiger partial charge in [0.2, 0.25) is 5.95 Å². The van der Waals surface area contributed by atoms with Gasteiger partial charge in [0.15, 0.2) is 11.6 Å². The fourth-order valence-corrected chi connectivity index (χ4v) is 4.96. The zero-order valence-corrected chi connectivity index (χ0v) is 20.6. The van der Waals surface area contributed by atoms with E-state index in [1.54, 1.807) is 22.9 Å². The van der Waals surface area contributed by atoms with E-state index in [-0.39, 0.29) is 38.0 Å². The Morgan fingerprint density at radius 2 is 1.92 bits per heavy atom. The van der Waals surface area contributed by atoms with Crippen LogP contribution in [0.1, 0.15) is 19.0 Å². The highest BCUT2D eigenvalue weighted by atomic mass is 19.4. The summed E-state index contributed by atoms with van der Waals surface area (Å²) >= 11 is 0. The van der Waals surface area contributed by atoms with Crippen molar-refractivity contribution >= 4 is 18.2 Å². The first-order valence-electron chi connectivity index (χ1n) is 12.1. The van der Waals surface area contributed by atoms with Crippen LogP contribution >= 0.6 is 0 Å². The maximum atomic E-state index is 14.4. The van der Waals surface area contributed by atoms with E-state index in [0.29, 0.717) is 16.7 Å². The number of amides is 2. The maximum absolute atomic E-state index is 14.4. The van der Waals surface area contributed by atoms with Gasteiger partial charge in [-0.2, -0.15) is 33.6 Å². The Bertz CT molecular complexity index is 1400. The molecule has 0 spiro atoms. The van der Waals surface area contributed by atoms with Crippen molar-refractivity contribution in [2.45, 2.75) is 25.6 Å². The van der Waals surface area contributed by atoms with Crippen molar-refractivity contribution in [1.29, 1.82) is 5.26 Å². The second-order valence-corrected chi connectivity index (χ2v) is 9.30. The van der Waals surface area contributed by atoms with Crippen LogP contribution < -0.4 is 4.90 Å². The molecule has 2 aliphatic heterocycles. The average molecular weight is 547 g/mol. The van der Waals surface area contributed by atoms with Crippen LogP contribution in [-0.4, -0.2) is 74.1 Å². The lowest BCUT2D eigenvalue weighted by Gasteiger charge is -2.39. The van der Waals surface area contributed by atoms with Gasteiger partial charge in [-0.25, -0.2) is 28.3 Å². The van der Waals surface area contributed by atoms with E-state index in [2.05, 4.69) is 20.2 Å².